The Hall–Kier alpha value is -0.710. The number of carbonyl (C=O) groups is 2. The molecule has 1 aliphatic carbocycles. The van der Waals surface area contributed by atoms with Gasteiger partial charge in [0.05, 0.1) is 6.42 Å². The van der Waals surface area contributed by atoms with Crippen LogP contribution in [0.5, 0.6) is 0 Å². The Morgan fingerprint density at radius 3 is 2.47 bits per heavy atom. The zero-order valence-electron chi connectivity index (χ0n) is 12.3. The van der Waals surface area contributed by atoms with Crippen molar-refractivity contribution in [2.75, 3.05) is 6.26 Å². The highest BCUT2D eigenvalue weighted by Gasteiger charge is 2.25. The second-order valence-corrected chi connectivity index (χ2v) is 7.16. The normalized spacial score (nSPS) is 23.2. The van der Waals surface area contributed by atoms with Crippen LogP contribution in [0.15, 0.2) is 0 Å². The van der Waals surface area contributed by atoms with Crippen molar-refractivity contribution in [1.82, 2.24) is 5.32 Å². The van der Waals surface area contributed by atoms with E-state index < -0.39 is 5.60 Å². The molecule has 0 aromatic heterocycles. The van der Waals surface area contributed by atoms with Crippen molar-refractivity contribution in [2.24, 2.45) is 0 Å². The van der Waals surface area contributed by atoms with E-state index in [-0.39, 0.29) is 30.8 Å². The van der Waals surface area contributed by atoms with Gasteiger partial charge in [-0.25, -0.2) is 0 Å². The Balaban J connectivity index is 2.20. The predicted octanol–water partition coefficient (Wildman–Crippen LogP) is 2.51. The number of amides is 1. The highest BCUT2D eigenvalue weighted by molar-refractivity contribution is 7.99. The summed E-state index contributed by atoms with van der Waals surface area (Å²) in [4.78, 5) is 23.2. The molecule has 0 saturated heterocycles. The number of thioether (sulfide) groups is 1. The Morgan fingerprint density at radius 1 is 1.26 bits per heavy atom. The summed E-state index contributed by atoms with van der Waals surface area (Å²) in [5, 5.41) is 3.66. The third-order valence-corrected chi connectivity index (χ3v) is 4.15. The Morgan fingerprint density at radius 2 is 1.95 bits per heavy atom. The molecule has 0 aromatic rings. The van der Waals surface area contributed by atoms with E-state index in [1.807, 2.05) is 32.5 Å². The molecule has 1 saturated carbocycles. The summed E-state index contributed by atoms with van der Waals surface area (Å²) in [6.07, 6.45) is 5.73. The monoisotopic (exact) mass is 287 g/mol. The lowest BCUT2D eigenvalue weighted by Gasteiger charge is -2.19. The van der Waals surface area contributed by atoms with Gasteiger partial charge in [-0.3, -0.25) is 9.59 Å². The third-order valence-electron chi connectivity index (χ3n) is 3.06. The third kappa shape index (κ3) is 6.85. The van der Waals surface area contributed by atoms with E-state index in [1.54, 1.807) is 0 Å². The van der Waals surface area contributed by atoms with E-state index in [2.05, 4.69) is 11.6 Å². The number of ether oxygens (including phenoxy) is 1. The molecule has 2 atom stereocenters. The first-order chi connectivity index (χ1) is 8.80. The quantitative estimate of drug-likeness (QED) is 0.789. The average Bonchev–Trinajstić information content (AvgIpc) is 2.72. The fourth-order valence-corrected chi connectivity index (χ4v) is 2.99. The van der Waals surface area contributed by atoms with Crippen molar-refractivity contribution in [3.8, 4) is 0 Å². The lowest BCUT2D eigenvalue weighted by molar-refractivity contribution is -0.155. The minimum atomic E-state index is -0.482. The van der Waals surface area contributed by atoms with Crippen molar-refractivity contribution in [3.63, 3.8) is 0 Å². The van der Waals surface area contributed by atoms with Crippen LogP contribution >= 0.6 is 11.8 Å². The molecule has 0 radical (unpaired) electrons. The molecule has 4 nitrogen and oxygen atoms in total. The van der Waals surface area contributed by atoms with Crippen LogP contribution in [-0.4, -0.2) is 35.0 Å². The summed E-state index contributed by atoms with van der Waals surface area (Å²) in [7, 11) is 0. The van der Waals surface area contributed by atoms with Gasteiger partial charge in [0.1, 0.15) is 5.60 Å². The first-order valence-electron chi connectivity index (χ1n) is 6.84. The van der Waals surface area contributed by atoms with E-state index >= 15 is 0 Å². The van der Waals surface area contributed by atoms with E-state index in [0.29, 0.717) is 5.25 Å². The lowest BCUT2D eigenvalue weighted by atomic mass is 10.2. The first-order valence-corrected chi connectivity index (χ1v) is 8.13. The van der Waals surface area contributed by atoms with Gasteiger partial charge in [-0.1, -0.05) is 0 Å². The summed E-state index contributed by atoms with van der Waals surface area (Å²) in [6.45, 7) is 5.48. The van der Waals surface area contributed by atoms with Crippen molar-refractivity contribution >= 4 is 23.6 Å². The van der Waals surface area contributed by atoms with Crippen molar-refractivity contribution in [2.45, 2.75) is 69.8 Å². The van der Waals surface area contributed by atoms with E-state index in [0.717, 1.165) is 19.3 Å². The van der Waals surface area contributed by atoms with Crippen LogP contribution in [0.4, 0.5) is 0 Å². The highest BCUT2D eigenvalue weighted by atomic mass is 32.2. The van der Waals surface area contributed by atoms with Gasteiger partial charge >= 0.3 is 5.97 Å². The Kier molecular flexibility index (Phi) is 6.17. The molecule has 0 aromatic carbocycles. The number of esters is 1. The van der Waals surface area contributed by atoms with Crippen LogP contribution in [-0.2, 0) is 14.3 Å². The molecule has 1 amide bonds. The molecule has 0 bridgehead atoms. The SMILES string of the molecule is CSC1CCC(NC(=O)CCC(=O)OC(C)(C)C)C1. The molecule has 2 unspecified atom stereocenters. The highest BCUT2D eigenvalue weighted by Crippen LogP contribution is 2.28. The first kappa shape index (κ1) is 16.3. The lowest BCUT2D eigenvalue weighted by Crippen LogP contribution is -2.33. The van der Waals surface area contributed by atoms with Crippen LogP contribution in [0.1, 0.15) is 52.9 Å². The standard InChI is InChI=1S/C14H25NO3S/c1-14(2,3)18-13(17)8-7-12(16)15-10-5-6-11(9-10)19-4/h10-11H,5-9H2,1-4H3,(H,15,16). The number of carbonyl (C=O) groups excluding carboxylic acids is 2. The molecule has 0 aliphatic heterocycles. The Labute approximate surface area is 120 Å². The number of nitrogens with one attached hydrogen (secondary N) is 1. The minimum absolute atomic E-state index is 0.0439. The maximum atomic E-state index is 11.7. The molecule has 5 heteroatoms. The fourth-order valence-electron chi connectivity index (χ4n) is 2.19. The second-order valence-electron chi connectivity index (χ2n) is 6.02. The predicted molar refractivity (Wildman–Crippen MR) is 78.2 cm³/mol. The Bertz CT molecular complexity index is 325. The molecule has 1 aliphatic rings. The summed E-state index contributed by atoms with van der Waals surface area (Å²) >= 11 is 1.86. The van der Waals surface area contributed by atoms with E-state index in [4.69, 9.17) is 4.74 Å². The smallest absolute Gasteiger partial charge is 0.306 e. The van der Waals surface area contributed by atoms with Gasteiger partial charge in [-0.05, 0) is 46.3 Å². The molecule has 0 heterocycles. The van der Waals surface area contributed by atoms with Crippen LogP contribution in [0, 0.1) is 0 Å². The van der Waals surface area contributed by atoms with Gasteiger partial charge in [0, 0.05) is 17.7 Å². The van der Waals surface area contributed by atoms with Crippen molar-refractivity contribution in [1.29, 1.82) is 0 Å². The topological polar surface area (TPSA) is 55.4 Å². The van der Waals surface area contributed by atoms with Gasteiger partial charge in [0.25, 0.3) is 0 Å². The average molecular weight is 287 g/mol. The molecule has 0 spiro atoms. The molecule has 1 N–H and O–H groups in total. The molecule has 110 valence electrons. The molecule has 1 fully saturated rings. The summed E-state index contributed by atoms with van der Waals surface area (Å²) in [6, 6.07) is 0.281. The molecule has 19 heavy (non-hydrogen) atoms. The molecular weight excluding hydrogens is 262 g/mol. The van der Waals surface area contributed by atoms with Crippen LogP contribution < -0.4 is 5.32 Å². The zero-order chi connectivity index (χ0) is 14.5. The maximum absolute atomic E-state index is 11.7. The molecular formula is C14H25NO3S. The van der Waals surface area contributed by atoms with Gasteiger partial charge in [0.2, 0.25) is 5.91 Å². The molecule has 1 rings (SSSR count). The van der Waals surface area contributed by atoms with Crippen LogP contribution in [0.25, 0.3) is 0 Å². The van der Waals surface area contributed by atoms with Crippen LogP contribution in [0.2, 0.25) is 0 Å². The summed E-state index contributed by atoms with van der Waals surface area (Å²) in [5.41, 5.74) is -0.482. The van der Waals surface area contributed by atoms with Gasteiger partial charge in [-0.15, -0.1) is 0 Å². The van der Waals surface area contributed by atoms with E-state index in [9.17, 15) is 9.59 Å². The van der Waals surface area contributed by atoms with Gasteiger partial charge in [0.15, 0.2) is 0 Å². The number of rotatable bonds is 5. The van der Waals surface area contributed by atoms with Crippen molar-refractivity contribution in [3.05, 3.63) is 0 Å². The number of hydrogen-bond acceptors (Lipinski definition) is 4. The minimum Gasteiger partial charge on any atom is -0.460 e. The van der Waals surface area contributed by atoms with Gasteiger partial charge < -0.3 is 10.1 Å². The maximum Gasteiger partial charge on any atom is 0.306 e. The van der Waals surface area contributed by atoms with Gasteiger partial charge in [-0.2, -0.15) is 11.8 Å². The summed E-state index contributed by atoms with van der Waals surface area (Å²) < 4.78 is 5.17. The fraction of sp³-hybridized carbons (Fsp3) is 0.857. The van der Waals surface area contributed by atoms with Crippen LogP contribution in [0.3, 0.4) is 0 Å². The van der Waals surface area contributed by atoms with Crippen molar-refractivity contribution < 1.29 is 14.3 Å². The second kappa shape index (κ2) is 7.17. The largest absolute Gasteiger partial charge is 0.460 e. The summed E-state index contributed by atoms with van der Waals surface area (Å²) in [5.74, 6) is -0.353. The number of hydrogen-bond donors (Lipinski definition) is 1. The van der Waals surface area contributed by atoms with E-state index in [1.165, 1.54) is 0 Å². The zero-order valence-corrected chi connectivity index (χ0v) is 13.1.